The number of halogens is 1. The summed E-state index contributed by atoms with van der Waals surface area (Å²) in [5.41, 5.74) is 2.78. The molecule has 0 spiro atoms. The smallest absolute Gasteiger partial charge is 0.258 e. The van der Waals surface area contributed by atoms with E-state index in [-0.39, 0.29) is 18.6 Å². The van der Waals surface area contributed by atoms with E-state index in [1.807, 2.05) is 61.5 Å². The van der Waals surface area contributed by atoms with Crippen molar-refractivity contribution in [1.29, 1.82) is 0 Å². The molecule has 1 aliphatic rings. The van der Waals surface area contributed by atoms with E-state index in [4.69, 9.17) is 16.0 Å². The Bertz CT molecular complexity index is 969. The number of amides is 1. The van der Waals surface area contributed by atoms with Crippen molar-refractivity contribution in [2.75, 3.05) is 6.54 Å². The Kier molecular flexibility index (Phi) is 5.28. The Morgan fingerprint density at radius 2 is 1.86 bits per heavy atom. The Morgan fingerprint density at radius 1 is 1.11 bits per heavy atom. The van der Waals surface area contributed by atoms with E-state index in [1.165, 1.54) is 5.01 Å². The fourth-order valence-electron chi connectivity index (χ4n) is 3.34. The normalized spacial score (nSPS) is 18.1. The molecule has 1 aromatic heterocycles. The zero-order valence-electron chi connectivity index (χ0n) is 15.5. The molecule has 2 aromatic carbocycles. The molecule has 3 aromatic rings. The van der Waals surface area contributed by atoms with Gasteiger partial charge in [-0.05, 0) is 42.3 Å². The number of furan rings is 1. The van der Waals surface area contributed by atoms with E-state index in [2.05, 4.69) is 22.1 Å². The summed E-state index contributed by atoms with van der Waals surface area (Å²) in [6.07, 6.45) is 1.23. The third-order valence-electron chi connectivity index (χ3n) is 4.72. The molecule has 1 atom stereocenters. The van der Waals surface area contributed by atoms with Crippen molar-refractivity contribution in [2.24, 2.45) is 5.10 Å². The van der Waals surface area contributed by atoms with Gasteiger partial charge in [0.05, 0.1) is 18.5 Å². The van der Waals surface area contributed by atoms with Crippen LogP contribution in [0.4, 0.5) is 0 Å². The third kappa shape index (κ3) is 3.86. The highest BCUT2D eigenvalue weighted by Crippen LogP contribution is 2.33. The first-order chi connectivity index (χ1) is 13.6. The van der Waals surface area contributed by atoms with E-state index >= 15 is 0 Å². The maximum Gasteiger partial charge on any atom is 0.258 e. The Balaban J connectivity index is 1.66. The first kappa shape index (κ1) is 18.5. The molecule has 4 rings (SSSR count). The lowest BCUT2D eigenvalue weighted by Crippen LogP contribution is -2.29. The number of benzene rings is 2. The molecule has 1 fully saturated rings. The van der Waals surface area contributed by atoms with Crippen molar-refractivity contribution in [3.8, 4) is 0 Å². The van der Waals surface area contributed by atoms with Crippen LogP contribution in [0.3, 0.4) is 0 Å². The van der Waals surface area contributed by atoms with E-state index < -0.39 is 0 Å². The van der Waals surface area contributed by atoms with Crippen molar-refractivity contribution in [2.45, 2.75) is 19.6 Å². The summed E-state index contributed by atoms with van der Waals surface area (Å²) >= 11 is 5.97. The van der Waals surface area contributed by atoms with Gasteiger partial charge in [0, 0.05) is 11.6 Å². The fourth-order valence-corrected chi connectivity index (χ4v) is 3.47. The molecule has 142 valence electrons. The lowest BCUT2D eigenvalue weighted by Gasteiger charge is -2.25. The number of carbonyl (C=O) groups is 1. The van der Waals surface area contributed by atoms with Crippen molar-refractivity contribution in [3.05, 3.63) is 94.9 Å². The van der Waals surface area contributed by atoms with Gasteiger partial charge < -0.3 is 4.42 Å². The van der Waals surface area contributed by atoms with E-state index in [0.717, 1.165) is 16.8 Å². The number of hydrogen-bond donors (Lipinski definition) is 0. The molecule has 1 aliphatic heterocycles. The molecule has 0 saturated carbocycles. The highest BCUT2D eigenvalue weighted by Gasteiger charge is 2.41. The molecule has 0 N–H and O–H groups in total. The van der Waals surface area contributed by atoms with Crippen LogP contribution >= 0.6 is 11.6 Å². The summed E-state index contributed by atoms with van der Waals surface area (Å²) in [5.74, 6) is 0.625. The van der Waals surface area contributed by atoms with Crippen molar-refractivity contribution in [3.63, 3.8) is 0 Å². The zero-order valence-corrected chi connectivity index (χ0v) is 16.2. The highest BCUT2D eigenvalue weighted by atomic mass is 35.5. The average Bonchev–Trinajstić information content (AvgIpc) is 3.32. The molecule has 6 heteroatoms. The largest absolute Gasteiger partial charge is 0.466 e. The SMILES string of the molecule is CC(=NN1C(=O)CN(Cc2ccccc2)C1c1ccco1)c1ccc(Cl)cc1. The van der Waals surface area contributed by atoms with E-state index in [1.54, 1.807) is 6.26 Å². The first-order valence-electron chi connectivity index (χ1n) is 9.06. The first-order valence-corrected chi connectivity index (χ1v) is 9.44. The summed E-state index contributed by atoms with van der Waals surface area (Å²) in [6, 6.07) is 21.2. The summed E-state index contributed by atoms with van der Waals surface area (Å²) in [4.78, 5) is 14.9. The lowest BCUT2D eigenvalue weighted by molar-refractivity contribution is -0.128. The highest BCUT2D eigenvalue weighted by molar-refractivity contribution is 6.30. The molecule has 1 amide bonds. The molecular weight excluding hydrogens is 374 g/mol. The monoisotopic (exact) mass is 393 g/mol. The van der Waals surface area contributed by atoms with Gasteiger partial charge in [0.2, 0.25) is 0 Å². The van der Waals surface area contributed by atoms with Gasteiger partial charge in [-0.1, -0.05) is 54.1 Å². The molecule has 1 unspecified atom stereocenters. The lowest BCUT2D eigenvalue weighted by atomic mass is 10.1. The maximum atomic E-state index is 12.8. The van der Waals surface area contributed by atoms with Crippen LogP contribution in [0, 0.1) is 0 Å². The summed E-state index contributed by atoms with van der Waals surface area (Å²) < 4.78 is 5.64. The van der Waals surface area contributed by atoms with Gasteiger partial charge in [-0.2, -0.15) is 5.10 Å². The topological polar surface area (TPSA) is 49.1 Å². The quantitative estimate of drug-likeness (QED) is 0.590. The molecule has 1 saturated heterocycles. The number of carbonyl (C=O) groups excluding carboxylic acids is 1. The van der Waals surface area contributed by atoms with Crippen molar-refractivity contribution >= 4 is 23.2 Å². The summed E-state index contributed by atoms with van der Waals surface area (Å²) in [7, 11) is 0. The standard InChI is InChI=1S/C22H20ClN3O2/c1-16(18-9-11-19(23)12-10-18)24-26-21(27)15-25(14-17-6-3-2-4-7-17)22(26)20-8-5-13-28-20/h2-13,22H,14-15H2,1H3. The van der Waals surface area contributed by atoms with Crippen LogP contribution in [0.5, 0.6) is 0 Å². The molecule has 0 bridgehead atoms. The third-order valence-corrected chi connectivity index (χ3v) is 4.97. The molecule has 0 radical (unpaired) electrons. The van der Waals surface area contributed by atoms with Crippen LogP contribution in [0.1, 0.15) is 30.0 Å². The van der Waals surface area contributed by atoms with Crippen LogP contribution < -0.4 is 0 Å². The molecule has 2 heterocycles. The van der Waals surface area contributed by atoms with E-state index in [9.17, 15) is 4.79 Å². The zero-order chi connectivity index (χ0) is 19.5. The fraction of sp³-hybridized carbons (Fsp3) is 0.182. The Hall–Kier alpha value is -2.89. The van der Waals surface area contributed by atoms with Gasteiger partial charge in [0.1, 0.15) is 5.76 Å². The van der Waals surface area contributed by atoms with Crippen LogP contribution in [0.2, 0.25) is 5.02 Å². The molecular formula is C22H20ClN3O2. The summed E-state index contributed by atoms with van der Waals surface area (Å²) in [5, 5.41) is 6.82. The van der Waals surface area contributed by atoms with Gasteiger partial charge in [0.15, 0.2) is 6.17 Å². The van der Waals surface area contributed by atoms with Gasteiger partial charge in [-0.25, -0.2) is 5.01 Å². The van der Waals surface area contributed by atoms with Gasteiger partial charge in [0.25, 0.3) is 5.91 Å². The number of nitrogens with zero attached hydrogens (tertiary/aromatic N) is 3. The van der Waals surface area contributed by atoms with Crippen LogP contribution in [0.15, 0.2) is 82.5 Å². The van der Waals surface area contributed by atoms with Crippen LogP contribution in [-0.2, 0) is 11.3 Å². The van der Waals surface area contributed by atoms with Crippen LogP contribution in [0.25, 0.3) is 0 Å². The van der Waals surface area contributed by atoms with Gasteiger partial charge >= 0.3 is 0 Å². The van der Waals surface area contributed by atoms with Crippen LogP contribution in [-0.4, -0.2) is 28.1 Å². The second-order valence-corrected chi connectivity index (χ2v) is 7.15. The van der Waals surface area contributed by atoms with Crippen molar-refractivity contribution in [1.82, 2.24) is 9.91 Å². The minimum absolute atomic E-state index is 0.0642. The summed E-state index contributed by atoms with van der Waals surface area (Å²) in [6.45, 7) is 2.79. The number of rotatable bonds is 5. The molecule has 5 nitrogen and oxygen atoms in total. The predicted molar refractivity (Wildman–Crippen MR) is 109 cm³/mol. The molecule has 28 heavy (non-hydrogen) atoms. The van der Waals surface area contributed by atoms with Crippen molar-refractivity contribution < 1.29 is 9.21 Å². The molecule has 0 aliphatic carbocycles. The Morgan fingerprint density at radius 3 is 2.54 bits per heavy atom. The minimum Gasteiger partial charge on any atom is -0.466 e. The predicted octanol–water partition coefficient (Wildman–Crippen LogP) is 4.70. The number of hydrogen-bond acceptors (Lipinski definition) is 4. The van der Waals surface area contributed by atoms with E-state index in [0.29, 0.717) is 17.3 Å². The maximum absolute atomic E-state index is 12.8. The average molecular weight is 394 g/mol. The van der Waals surface area contributed by atoms with Gasteiger partial charge in [-0.3, -0.25) is 9.69 Å². The second kappa shape index (κ2) is 8.00. The second-order valence-electron chi connectivity index (χ2n) is 6.71. The van der Waals surface area contributed by atoms with Gasteiger partial charge in [-0.15, -0.1) is 0 Å². The number of hydrazone groups is 1. The minimum atomic E-state index is -0.384. The Labute approximate surface area is 168 Å².